The lowest BCUT2D eigenvalue weighted by Gasteiger charge is -2.10. The van der Waals surface area contributed by atoms with E-state index in [2.05, 4.69) is 26.0 Å². The number of sulfonamides is 1. The molecule has 0 aliphatic carbocycles. The Morgan fingerprint density at radius 1 is 0.857 bits per heavy atom. The highest BCUT2D eigenvalue weighted by Crippen LogP contribution is 2.20. The van der Waals surface area contributed by atoms with E-state index < -0.39 is 27.6 Å². The number of hydrogen-bond acceptors (Lipinski definition) is 3. The molecule has 0 radical (unpaired) electrons. The molecular formula is C19H13BrF2N2O3S. The highest BCUT2D eigenvalue weighted by Gasteiger charge is 2.15. The lowest BCUT2D eigenvalue weighted by molar-refractivity contribution is 0.102. The second kappa shape index (κ2) is 8.07. The summed E-state index contributed by atoms with van der Waals surface area (Å²) in [6, 6.07) is 14.8. The number of carbonyl (C=O) groups excluding carboxylic acids is 1. The minimum atomic E-state index is -3.84. The van der Waals surface area contributed by atoms with Crippen molar-refractivity contribution in [1.29, 1.82) is 0 Å². The molecule has 5 nitrogen and oxygen atoms in total. The Morgan fingerprint density at radius 2 is 1.57 bits per heavy atom. The van der Waals surface area contributed by atoms with Gasteiger partial charge >= 0.3 is 0 Å². The molecule has 0 saturated heterocycles. The third-order valence-corrected chi connectivity index (χ3v) is 5.60. The van der Waals surface area contributed by atoms with Gasteiger partial charge in [-0.1, -0.05) is 22.0 Å². The molecule has 2 N–H and O–H groups in total. The summed E-state index contributed by atoms with van der Waals surface area (Å²) in [7, 11) is -3.84. The highest BCUT2D eigenvalue weighted by molar-refractivity contribution is 9.10. The summed E-state index contributed by atoms with van der Waals surface area (Å²) in [5.41, 5.74) is 0.395. The second-order valence-corrected chi connectivity index (χ2v) is 8.32. The number of carbonyl (C=O) groups is 1. The van der Waals surface area contributed by atoms with E-state index in [-0.39, 0.29) is 21.8 Å². The summed E-state index contributed by atoms with van der Waals surface area (Å²) in [4.78, 5) is 12.4. The number of rotatable bonds is 5. The molecule has 0 atom stereocenters. The van der Waals surface area contributed by atoms with Gasteiger partial charge in [-0.05, 0) is 54.6 Å². The molecule has 0 bridgehead atoms. The largest absolute Gasteiger partial charge is 0.322 e. The van der Waals surface area contributed by atoms with E-state index in [9.17, 15) is 22.0 Å². The Morgan fingerprint density at radius 3 is 2.25 bits per heavy atom. The van der Waals surface area contributed by atoms with Crippen molar-refractivity contribution in [3.8, 4) is 0 Å². The predicted molar refractivity (Wildman–Crippen MR) is 106 cm³/mol. The molecule has 28 heavy (non-hydrogen) atoms. The van der Waals surface area contributed by atoms with Crippen molar-refractivity contribution < 1.29 is 22.0 Å². The van der Waals surface area contributed by atoms with E-state index in [4.69, 9.17) is 0 Å². The van der Waals surface area contributed by atoms with Gasteiger partial charge in [0.25, 0.3) is 15.9 Å². The smallest absolute Gasteiger partial charge is 0.261 e. The number of anilines is 2. The molecule has 3 aromatic rings. The van der Waals surface area contributed by atoms with Crippen LogP contribution in [0.4, 0.5) is 20.2 Å². The summed E-state index contributed by atoms with van der Waals surface area (Å²) in [5, 5.41) is 2.43. The molecule has 0 aliphatic heterocycles. The second-order valence-electron chi connectivity index (χ2n) is 5.72. The van der Waals surface area contributed by atoms with E-state index in [1.807, 2.05) is 0 Å². The van der Waals surface area contributed by atoms with Crippen LogP contribution in [0.15, 0.2) is 76.1 Å². The van der Waals surface area contributed by atoms with Crippen molar-refractivity contribution in [2.75, 3.05) is 10.0 Å². The maximum absolute atomic E-state index is 13.3. The average molecular weight is 467 g/mol. The molecule has 3 aromatic carbocycles. The van der Waals surface area contributed by atoms with Crippen LogP contribution in [0.3, 0.4) is 0 Å². The van der Waals surface area contributed by atoms with E-state index in [1.54, 1.807) is 12.1 Å². The van der Waals surface area contributed by atoms with Crippen molar-refractivity contribution in [2.24, 2.45) is 0 Å². The van der Waals surface area contributed by atoms with Gasteiger partial charge in [0.2, 0.25) is 0 Å². The van der Waals surface area contributed by atoms with Crippen LogP contribution in [0.25, 0.3) is 0 Å². The first-order valence-electron chi connectivity index (χ1n) is 7.89. The summed E-state index contributed by atoms with van der Waals surface area (Å²) >= 11 is 3.24. The maximum Gasteiger partial charge on any atom is 0.261 e. The molecular weight excluding hydrogens is 454 g/mol. The minimum Gasteiger partial charge on any atom is -0.322 e. The van der Waals surface area contributed by atoms with Gasteiger partial charge < -0.3 is 5.32 Å². The third kappa shape index (κ3) is 4.73. The van der Waals surface area contributed by atoms with Gasteiger partial charge in [0.1, 0.15) is 0 Å². The number of nitrogens with one attached hydrogen (secondary N) is 2. The predicted octanol–water partition coefficient (Wildman–Crippen LogP) is 4.78. The van der Waals surface area contributed by atoms with Crippen LogP contribution in [0.2, 0.25) is 0 Å². The molecule has 0 aromatic heterocycles. The lowest BCUT2D eigenvalue weighted by atomic mass is 10.2. The number of amides is 1. The molecule has 1 amide bonds. The molecule has 0 unspecified atom stereocenters. The minimum absolute atomic E-state index is 0.0624. The average Bonchev–Trinajstić information content (AvgIpc) is 2.65. The van der Waals surface area contributed by atoms with E-state index >= 15 is 0 Å². The number of halogens is 3. The molecule has 144 valence electrons. The fraction of sp³-hybridized carbons (Fsp3) is 0. The van der Waals surface area contributed by atoms with Gasteiger partial charge in [0.15, 0.2) is 11.6 Å². The SMILES string of the molecule is O=C(Nc1ccc(F)c(F)c1)c1cccc(NS(=O)(=O)c2ccc(Br)cc2)c1. The Bertz CT molecular complexity index is 1140. The maximum atomic E-state index is 13.3. The van der Waals surface area contributed by atoms with Gasteiger partial charge in [0, 0.05) is 27.5 Å². The molecule has 0 spiro atoms. The van der Waals surface area contributed by atoms with Crippen molar-refractivity contribution in [1.82, 2.24) is 0 Å². The van der Waals surface area contributed by atoms with Crippen molar-refractivity contribution in [3.63, 3.8) is 0 Å². The van der Waals surface area contributed by atoms with Crippen LogP contribution in [-0.4, -0.2) is 14.3 Å². The van der Waals surface area contributed by atoms with Gasteiger partial charge in [-0.2, -0.15) is 0 Å². The molecule has 0 aliphatic rings. The zero-order valence-electron chi connectivity index (χ0n) is 14.1. The molecule has 9 heteroatoms. The van der Waals surface area contributed by atoms with Crippen LogP contribution in [0, 0.1) is 11.6 Å². The van der Waals surface area contributed by atoms with Gasteiger partial charge in [-0.3, -0.25) is 9.52 Å². The van der Waals surface area contributed by atoms with E-state index in [0.29, 0.717) is 0 Å². The van der Waals surface area contributed by atoms with E-state index in [1.165, 1.54) is 42.5 Å². The normalized spacial score (nSPS) is 11.1. The highest BCUT2D eigenvalue weighted by atomic mass is 79.9. The van der Waals surface area contributed by atoms with Crippen molar-refractivity contribution in [2.45, 2.75) is 4.90 Å². The van der Waals surface area contributed by atoms with Gasteiger partial charge in [-0.25, -0.2) is 17.2 Å². The van der Waals surface area contributed by atoms with Crippen LogP contribution in [0.5, 0.6) is 0 Å². The topological polar surface area (TPSA) is 75.3 Å². The Labute approximate surface area is 168 Å². The lowest BCUT2D eigenvalue weighted by Crippen LogP contribution is -2.15. The monoisotopic (exact) mass is 466 g/mol. The van der Waals surface area contributed by atoms with Gasteiger partial charge in [0.05, 0.1) is 4.90 Å². The summed E-state index contributed by atoms with van der Waals surface area (Å²) < 4.78 is 54.3. The van der Waals surface area contributed by atoms with Crippen molar-refractivity contribution >= 4 is 43.2 Å². The van der Waals surface area contributed by atoms with Crippen LogP contribution in [0.1, 0.15) is 10.4 Å². The quantitative estimate of drug-likeness (QED) is 0.567. The van der Waals surface area contributed by atoms with Crippen LogP contribution in [-0.2, 0) is 10.0 Å². The zero-order chi connectivity index (χ0) is 20.3. The first kappa shape index (κ1) is 20.0. The van der Waals surface area contributed by atoms with Crippen LogP contribution >= 0.6 is 15.9 Å². The summed E-state index contributed by atoms with van der Waals surface area (Å²) in [5.74, 6) is -2.72. The molecule has 0 heterocycles. The van der Waals surface area contributed by atoms with E-state index in [0.717, 1.165) is 16.6 Å². The molecule has 0 fully saturated rings. The van der Waals surface area contributed by atoms with Gasteiger partial charge in [-0.15, -0.1) is 0 Å². The molecule has 3 rings (SSSR count). The zero-order valence-corrected chi connectivity index (χ0v) is 16.5. The Hall–Kier alpha value is -2.78. The fourth-order valence-electron chi connectivity index (χ4n) is 2.33. The summed E-state index contributed by atoms with van der Waals surface area (Å²) in [6.07, 6.45) is 0. The standard InChI is InChI=1S/C19H13BrF2N2O3S/c20-13-4-7-16(8-5-13)28(26,27)24-15-3-1-2-12(10-15)19(25)23-14-6-9-17(21)18(22)11-14/h1-11,24H,(H,23,25). The number of benzene rings is 3. The number of hydrogen-bond donors (Lipinski definition) is 2. The third-order valence-electron chi connectivity index (χ3n) is 3.68. The van der Waals surface area contributed by atoms with Crippen molar-refractivity contribution in [3.05, 3.63) is 88.4 Å². The Balaban J connectivity index is 1.78. The Kier molecular flexibility index (Phi) is 5.76. The first-order valence-corrected chi connectivity index (χ1v) is 10.2. The fourth-order valence-corrected chi connectivity index (χ4v) is 3.64. The molecule has 0 saturated carbocycles. The summed E-state index contributed by atoms with van der Waals surface area (Å²) in [6.45, 7) is 0. The first-order chi connectivity index (χ1) is 13.2. The van der Waals surface area contributed by atoms with Crippen LogP contribution < -0.4 is 10.0 Å².